The molecule has 1 aliphatic carbocycles. The van der Waals surface area contributed by atoms with Crippen LogP contribution in [0.15, 0.2) is 76.7 Å². The van der Waals surface area contributed by atoms with E-state index in [0.29, 0.717) is 5.02 Å². The lowest BCUT2D eigenvalue weighted by atomic mass is 9.77. The minimum atomic E-state index is -0.628. The summed E-state index contributed by atoms with van der Waals surface area (Å²) in [5.74, 6) is -0.00355. The molecule has 1 N–H and O–H groups in total. The summed E-state index contributed by atoms with van der Waals surface area (Å²) in [7, 11) is -0.628. The van der Waals surface area contributed by atoms with Crippen molar-refractivity contribution in [2.75, 3.05) is 13.2 Å². The van der Waals surface area contributed by atoms with Gasteiger partial charge in [-0.25, -0.2) is 4.79 Å². The maximum absolute atomic E-state index is 12.9. The van der Waals surface area contributed by atoms with Gasteiger partial charge < -0.3 is 19.4 Å². The van der Waals surface area contributed by atoms with Crippen LogP contribution in [0, 0.1) is 0 Å². The van der Waals surface area contributed by atoms with E-state index < -0.39 is 24.4 Å². The molecular formula is C30H30BBrClNO4. The predicted octanol–water partition coefficient (Wildman–Crippen LogP) is 7.66. The second kappa shape index (κ2) is 10.5. The fourth-order valence-corrected chi connectivity index (χ4v) is 5.27. The normalized spacial score (nSPS) is 17.7. The lowest BCUT2D eigenvalue weighted by molar-refractivity contribution is 0.00578. The zero-order valence-corrected chi connectivity index (χ0v) is 24.2. The van der Waals surface area contributed by atoms with Gasteiger partial charge in [-0.2, -0.15) is 0 Å². The van der Waals surface area contributed by atoms with E-state index in [-0.39, 0.29) is 19.1 Å². The first-order chi connectivity index (χ1) is 18.1. The average Bonchev–Trinajstić information content (AvgIpc) is 3.31. The minimum Gasteiger partial charge on any atom is -0.449 e. The molecule has 0 atom stereocenters. The number of nitrogens with one attached hydrogen (secondary N) is 1. The number of amides is 1. The SMILES string of the molecule is CC1(C)OB(C(=Cc2ccc(Br)c(Cl)c2)CNC(=O)OCC2c3ccccc3-c3ccccc32)OC1(C)C. The predicted molar refractivity (Wildman–Crippen MR) is 156 cm³/mol. The van der Waals surface area contributed by atoms with Gasteiger partial charge in [0.15, 0.2) is 0 Å². The number of hydrogen-bond acceptors (Lipinski definition) is 4. The summed E-state index contributed by atoms with van der Waals surface area (Å²) >= 11 is 9.75. The number of rotatable bonds is 6. The van der Waals surface area contributed by atoms with E-state index in [1.807, 2.05) is 76.2 Å². The average molecular weight is 595 g/mol. The Morgan fingerprint density at radius 3 is 2.16 bits per heavy atom. The zero-order chi connectivity index (χ0) is 27.1. The summed E-state index contributed by atoms with van der Waals surface area (Å²) in [6, 6.07) is 22.2. The van der Waals surface area contributed by atoms with Crippen LogP contribution in [0.1, 0.15) is 50.3 Å². The van der Waals surface area contributed by atoms with Crippen LogP contribution >= 0.6 is 27.5 Å². The number of carbonyl (C=O) groups is 1. The van der Waals surface area contributed by atoms with Crippen LogP contribution in [0.25, 0.3) is 17.2 Å². The quantitative estimate of drug-likeness (QED) is 0.298. The lowest BCUT2D eigenvalue weighted by Crippen LogP contribution is -2.41. The fraction of sp³-hybridized carbons (Fsp3) is 0.300. The number of hydrogen-bond donors (Lipinski definition) is 1. The third-order valence-electron chi connectivity index (χ3n) is 7.63. The van der Waals surface area contributed by atoms with Crippen molar-refractivity contribution >= 4 is 46.8 Å². The molecular weight excluding hydrogens is 565 g/mol. The molecule has 1 saturated heterocycles. The molecule has 1 heterocycles. The monoisotopic (exact) mass is 593 g/mol. The van der Waals surface area contributed by atoms with Crippen LogP contribution in [0.4, 0.5) is 4.79 Å². The van der Waals surface area contributed by atoms with Crippen LogP contribution in [0.3, 0.4) is 0 Å². The van der Waals surface area contributed by atoms with Gasteiger partial charge in [0, 0.05) is 16.9 Å². The molecule has 3 aromatic rings. The third-order valence-corrected chi connectivity index (χ3v) is 8.86. The van der Waals surface area contributed by atoms with E-state index in [2.05, 4.69) is 45.5 Å². The number of benzene rings is 3. The number of halogens is 2. The van der Waals surface area contributed by atoms with Gasteiger partial charge in [-0.05, 0) is 89.0 Å². The molecule has 0 spiro atoms. The van der Waals surface area contributed by atoms with Gasteiger partial charge in [0.25, 0.3) is 0 Å². The smallest absolute Gasteiger partial charge is 0.449 e. The Balaban J connectivity index is 1.30. The largest absolute Gasteiger partial charge is 0.492 e. The van der Waals surface area contributed by atoms with Gasteiger partial charge in [-0.15, -0.1) is 0 Å². The van der Waals surface area contributed by atoms with Crippen molar-refractivity contribution in [3.8, 4) is 11.1 Å². The van der Waals surface area contributed by atoms with Crippen molar-refractivity contribution in [3.63, 3.8) is 0 Å². The van der Waals surface area contributed by atoms with E-state index in [4.69, 9.17) is 25.6 Å². The van der Waals surface area contributed by atoms with Crippen LogP contribution in [0.5, 0.6) is 0 Å². The molecule has 3 aromatic carbocycles. The second-order valence-corrected chi connectivity index (χ2v) is 11.9. The van der Waals surface area contributed by atoms with Gasteiger partial charge in [0.1, 0.15) is 6.61 Å². The molecule has 0 unspecified atom stereocenters. The van der Waals surface area contributed by atoms with Crippen molar-refractivity contribution in [3.05, 3.63) is 98.4 Å². The number of carbonyl (C=O) groups excluding carboxylic acids is 1. The number of alkyl carbamates (subject to hydrolysis) is 1. The Morgan fingerprint density at radius 2 is 1.58 bits per heavy atom. The summed E-state index contributed by atoms with van der Waals surface area (Å²) in [5.41, 5.74) is 5.33. The van der Waals surface area contributed by atoms with Crippen LogP contribution in [0.2, 0.25) is 5.02 Å². The van der Waals surface area contributed by atoms with E-state index in [9.17, 15) is 4.79 Å². The summed E-state index contributed by atoms with van der Waals surface area (Å²) < 4.78 is 19.1. The number of fused-ring (bicyclic) bond motifs is 3. The fourth-order valence-electron chi connectivity index (χ4n) is 4.84. The van der Waals surface area contributed by atoms with Gasteiger partial charge in [0.05, 0.1) is 16.2 Å². The van der Waals surface area contributed by atoms with Crippen LogP contribution in [-0.4, -0.2) is 37.6 Å². The molecule has 0 radical (unpaired) electrons. The molecule has 38 heavy (non-hydrogen) atoms. The number of ether oxygens (including phenoxy) is 1. The molecule has 0 saturated carbocycles. The molecule has 0 aromatic heterocycles. The molecule has 2 aliphatic rings. The molecule has 8 heteroatoms. The van der Waals surface area contributed by atoms with Crippen molar-refractivity contribution in [1.82, 2.24) is 5.32 Å². The first kappa shape index (κ1) is 27.0. The van der Waals surface area contributed by atoms with Crippen molar-refractivity contribution in [2.24, 2.45) is 0 Å². The Hall–Kier alpha value is -2.58. The highest BCUT2D eigenvalue weighted by atomic mass is 79.9. The van der Waals surface area contributed by atoms with E-state index in [1.165, 1.54) is 22.3 Å². The van der Waals surface area contributed by atoms with Crippen LogP contribution in [-0.2, 0) is 14.0 Å². The first-order valence-electron chi connectivity index (χ1n) is 12.7. The maximum atomic E-state index is 12.9. The highest BCUT2D eigenvalue weighted by Crippen LogP contribution is 2.44. The van der Waals surface area contributed by atoms with Crippen molar-refractivity contribution in [2.45, 2.75) is 44.8 Å². The third kappa shape index (κ3) is 5.30. The van der Waals surface area contributed by atoms with Crippen molar-refractivity contribution in [1.29, 1.82) is 0 Å². The highest BCUT2D eigenvalue weighted by molar-refractivity contribution is 9.10. The zero-order valence-electron chi connectivity index (χ0n) is 21.9. The second-order valence-electron chi connectivity index (χ2n) is 10.7. The Labute approximate surface area is 237 Å². The summed E-state index contributed by atoms with van der Waals surface area (Å²) in [6.07, 6.45) is 1.44. The van der Waals surface area contributed by atoms with Crippen LogP contribution < -0.4 is 5.32 Å². The Kier molecular flexibility index (Phi) is 7.49. The standard InChI is InChI=1S/C30H30BBrClNO4/c1-29(2)30(3,4)38-31(37-29)20(15-19-13-14-26(32)27(33)16-19)17-34-28(35)36-18-25-23-11-7-5-9-21(23)22-10-6-8-12-24(22)25/h5-16,25H,17-18H2,1-4H3,(H,34,35). The minimum absolute atomic E-state index is 0.00355. The molecule has 5 nitrogen and oxygen atoms in total. The molecule has 1 amide bonds. The van der Waals surface area contributed by atoms with Gasteiger partial charge >= 0.3 is 13.2 Å². The molecule has 5 rings (SSSR count). The maximum Gasteiger partial charge on any atom is 0.492 e. The Bertz CT molecular complexity index is 1350. The summed E-state index contributed by atoms with van der Waals surface area (Å²) in [4.78, 5) is 12.9. The Morgan fingerprint density at radius 1 is 1.00 bits per heavy atom. The van der Waals surface area contributed by atoms with Crippen molar-refractivity contribution < 1.29 is 18.8 Å². The first-order valence-corrected chi connectivity index (χ1v) is 13.8. The molecule has 196 valence electrons. The topological polar surface area (TPSA) is 56.8 Å². The summed E-state index contributed by atoms with van der Waals surface area (Å²) in [6.45, 7) is 8.44. The van der Waals surface area contributed by atoms with E-state index in [0.717, 1.165) is 15.5 Å². The van der Waals surface area contributed by atoms with Gasteiger partial charge in [-0.3, -0.25) is 0 Å². The molecule has 1 aliphatic heterocycles. The lowest BCUT2D eigenvalue weighted by Gasteiger charge is -2.32. The molecule has 0 bridgehead atoms. The van der Waals surface area contributed by atoms with Gasteiger partial charge in [0.2, 0.25) is 0 Å². The summed E-state index contributed by atoms with van der Waals surface area (Å²) in [5, 5.41) is 3.49. The van der Waals surface area contributed by atoms with E-state index in [1.54, 1.807) is 0 Å². The molecule has 1 fully saturated rings. The highest BCUT2D eigenvalue weighted by Gasteiger charge is 2.52. The van der Waals surface area contributed by atoms with Gasteiger partial charge in [-0.1, -0.05) is 72.3 Å². The van der Waals surface area contributed by atoms with E-state index >= 15 is 0 Å².